The highest BCUT2D eigenvalue weighted by atomic mass is 16.5. The van der Waals surface area contributed by atoms with Gasteiger partial charge in [0.15, 0.2) is 0 Å². The Hall–Kier alpha value is -2.41. The first kappa shape index (κ1) is 20.6. The van der Waals surface area contributed by atoms with Crippen molar-refractivity contribution in [2.24, 2.45) is 0 Å². The number of aryl methyl sites for hydroxylation is 1. The minimum atomic E-state index is -0.0980. The van der Waals surface area contributed by atoms with Crippen LogP contribution in [-0.2, 0) is 25.5 Å². The number of ether oxygens (including phenoxy) is 1. The van der Waals surface area contributed by atoms with Crippen molar-refractivity contribution < 1.29 is 19.1 Å². The van der Waals surface area contributed by atoms with Crippen LogP contribution in [-0.4, -0.2) is 44.5 Å². The molecule has 1 rings (SSSR count). The van der Waals surface area contributed by atoms with Crippen LogP contribution < -0.4 is 16.0 Å². The van der Waals surface area contributed by atoms with Crippen molar-refractivity contribution in [1.29, 1.82) is 0 Å². The summed E-state index contributed by atoms with van der Waals surface area (Å²) < 4.78 is 5.14. The Bertz CT molecular complexity index is 558. The molecule has 0 spiro atoms. The van der Waals surface area contributed by atoms with E-state index < -0.39 is 0 Å². The molecule has 138 valence electrons. The van der Waals surface area contributed by atoms with E-state index in [4.69, 9.17) is 4.74 Å². The van der Waals surface area contributed by atoms with E-state index in [-0.39, 0.29) is 24.1 Å². The Kier molecular flexibility index (Phi) is 9.92. The molecule has 0 radical (unpaired) electrons. The molecule has 0 bridgehead atoms. The van der Waals surface area contributed by atoms with Crippen LogP contribution in [0.25, 0.3) is 0 Å². The summed E-state index contributed by atoms with van der Waals surface area (Å²) in [6, 6.07) is 7.40. The van der Waals surface area contributed by atoms with Gasteiger partial charge in [-0.05, 0) is 31.0 Å². The zero-order valence-corrected chi connectivity index (χ0v) is 14.9. The van der Waals surface area contributed by atoms with Gasteiger partial charge in [-0.2, -0.15) is 0 Å². The fraction of sp³-hybridized carbons (Fsp3) is 0.500. The molecule has 7 heteroatoms. The smallest absolute Gasteiger partial charge is 0.226 e. The molecular weight excluding hydrogens is 322 g/mol. The SMILES string of the molecule is CCOCCC(=O)Nc1ccc(CCC(=O)NCCC(=O)NC)cc1. The van der Waals surface area contributed by atoms with Gasteiger partial charge in [-0.15, -0.1) is 0 Å². The van der Waals surface area contributed by atoms with E-state index in [1.54, 1.807) is 7.05 Å². The Balaban J connectivity index is 2.28. The monoisotopic (exact) mass is 349 g/mol. The summed E-state index contributed by atoms with van der Waals surface area (Å²) in [7, 11) is 1.56. The summed E-state index contributed by atoms with van der Waals surface area (Å²) in [5.74, 6) is -0.270. The fourth-order valence-corrected chi connectivity index (χ4v) is 2.07. The molecule has 0 unspecified atom stereocenters. The maximum absolute atomic E-state index is 11.7. The van der Waals surface area contributed by atoms with E-state index in [2.05, 4.69) is 16.0 Å². The van der Waals surface area contributed by atoms with Crippen LogP contribution in [0.2, 0.25) is 0 Å². The van der Waals surface area contributed by atoms with Crippen LogP contribution in [0.4, 0.5) is 5.69 Å². The molecule has 0 heterocycles. The van der Waals surface area contributed by atoms with E-state index in [1.165, 1.54) is 0 Å². The summed E-state index contributed by atoms with van der Waals surface area (Å²) in [4.78, 5) is 34.5. The van der Waals surface area contributed by atoms with Crippen molar-refractivity contribution in [3.63, 3.8) is 0 Å². The lowest BCUT2D eigenvalue weighted by molar-refractivity contribution is -0.122. The molecule has 0 atom stereocenters. The summed E-state index contributed by atoms with van der Waals surface area (Å²) in [5.41, 5.74) is 1.73. The first-order valence-corrected chi connectivity index (χ1v) is 8.49. The predicted octanol–water partition coefficient (Wildman–Crippen LogP) is 1.24. The van der Waals surface area contributed by atoms with Crippen molar-refractivity contribution in [2.75, 3.05) is 32.1 Å². The Morgan fingerprint density at radius 1 is 0.960 bits per heavy atom. The molecule has 0 aliphatic rings. The van der Waals surface area contributed by atoms with Crippen LogP contribution >= 0.6 is 0 Å². The van der Waals surface area contributed by atoms with E-state index >= 15 is 0 Å². The molecule has 25 heavy (non-hydrogen) atoms. The number of benzene rings is 1. The van der Waals surface area contributed by atoms with Gasteiger partial charge >= 0.3 is 0 Å². The fourth-order valence-electron chi connectivity index (χ4n) is 2.07. The van der Waals surface area contributed by atoms with E-state index in [0.29, 0.717) is 39.0 Å². The molecule has 1 aromatic rings. The average molecular weight is 349 g/mol. The minimum absolute atomic E-state index is 0.0859. The molecule has 0 aliphatic heterocycles. The van der Waals surface area contributed by atoms with Gasteiger partial charge in [-0.1, -0.05) is 12.1 Å². The quantitative estimate of drug-likeness (QED) is 0.524. The Morgan fingerprint density at radius 3 is 2.32 bits per heavy atom. The van der Waals surface area contributed by atoms with Gasteiger partial charge in [-0.3, -0.25) is 14.4 Å². The predicted molar refractivity (Wildman–Crippen MR) is 96.2 cm³/mol. The number of carbonyl (C=O) groups excluding carboxylic acids is 3. The number of amides is 3. The number of nitrogens with one attached hydrogen (secondary N) is 3. The molecule has 3 amide bonds. The third-order valence-electron chi connectivity index (χ3n) is 3.51. The van der Waals surface area contributed by atoms with Crippen molar-refractivity contribution in [3.8, 4) is 0 Å². The Labute approximate surface area is 148 Å². The second-order valence-electron chi connectivity index (χ2n) is 5.47. The van der Waals surface area contributed by atoms with Crippen molar-refractivity contribution in [1.82, 2.24) is 10.6 Å². The topological polar surface area (TPSA) is 96.5 Å². The highest BCUT2D eigenvalue weighted by Gasteiger charge is 2.05. The molecule has 0 fully saturated rings. The van der Waals surface area contributed by atoms with Crippen LogP contribution in [0, 0.1) is 0 Å². The standard InChI is InChI=1S/C18H27N3O4/c1-3-25-13-11-18(24)21-15-7-4-14(5-8-15)6-9-17(23)20-12-10-16(22)19-2/h4-5,7-8H,3,6,9-13H2,1-2H3,(H,19,22)(H,20,23)(H,21,24). The lowest BCUT2D eigenvalue weighted by Crippen LogP contribution is -2.29. The first-order chi connectivity index (χ1) is 12.0. The number of rotatable bonds is 11. The van der Waals surface area contributed by atoms with Gasteiger partial charge in [0.25, 0.3) is 0 Å². The highest BCUT2D eigenvalue weighted by molar-refractivity contribution is 5.90. The van der Waals surface area contributed by atoms with Gasteiger partial charge in [-0.25, -0.2) is 0 Å². The maximum atomic E-state index is 11.7. The normalized spacial score (nSPS) is 10.2. The van der Waals surface area contributed by atoms with Gasteiger partial charge in [0.05, 0.1) is 13.0 Å². The van der Waals surface area contributed by atoms with Crippen LogP contribution in [0.15, 0.2) is 24.3 Å². The largest absolute Gasteiger partial charge is 0.381 e. The van der Waals surface area contributed by atoms with Gasteiger partial charge in [0.1, 0.15) is 0 Å². The zero-order valence-electron chi connectivity index (χ0n) is 14.9. The molecule has 0 aromatic heterocycles. The third-order valence-corrected chi connectivity index (χ3v) is 3.51. The second-order valence-corrected chi connectivity index (χ2v) is 5.47. The van der Waals surface area contributed by atoms with Crippen LogP contribution in [0.3, 0.4) is 0 Å². The lowest BCUT2D eigenvalue weighted by atomic mass is 10.1. The van der Waals surface area contributed by atoms with Crippen molar-refractivity contribution >= 4 is 23.4 Å². The minimum Gasteiger partial charge on any atom is -0.381 e. The van der Waals surface area contributed by atoms with E-state index in [0.717, 1.165) is 11.3 Å². The molecule has 0 saturated heterocycles. The molecule has 3 N–H and O–H groups in total. The Morgan fingerprint density at radius 2 is 1.68 bits per heavy atom. The van der Waals surface area contributed by atoms with E-state index in [9.17, 15) is 14.4 Å². The number of carbonyl (C=O) groups is 3. The number of hydrogen-bond acceptors (Lipinski definition) is 4. The maximum Gasteiger partial charge on any atom is 0.226 e. The molecule has 7 nitrogen and oxygen atoms in total. The van der Waals surface area contributed by atoms with Gasteiger partial charge in [0, 0.05) is 38.7 Å². The van der Waals surface area contributed by atoms with Gasteiger partial charge in [0.2, 0.25) is 17.7 Å². The number of hydrogen-bond donors (Lipinski definition) is 3. The lowest BCUT2D eigenvalue weighted by Gasteiger charge is -2.07. The molecule has 0 aliphatic carbocycles. The molecule has 1 aromatic carbocycles. The first-order valence-electron chi connectivity index (χ1n) is 8.49. The number of anilines is 1. The van der Waals surface area contributed by atoms with Crippen molar-refractivity contribution in [2.45, 2.75) is 32.6 Å². The summed E-state index contributed by atoms with van der Waals surface area (Å²) in [5, 5.41) is 8.01. The van der Waals surface area contributed by atoms with Gasteiger partial charge < -0.3 is 20.7 Å². The van der Waals surface area contributed by atoms with Crippen molar-refractivity contribution in [3.05, 3.63) is 29.8 Å². The average Bonchev–Trinajstić information content (AvgIpc) is 2.61. The highest BCUT2D eigenvalue weighted by Crippen LogP contribution is 2.11. The van der Waals surface area contributed by atoms with Crippen LogP contribution in [0.5, 0.6) is 0 Å². The van der Waals surface area contributed by atoms with E-state index in [1.807, 2.05) is 31.2 Å². The van der Waals surface area contributed by atoms with Crippen LogP contribution in [0.1, 0.15) is 31.7 Å². The summed E-state index contributed by atoms with van der Waals surface area (Å²) >= 11 is 0. The molecular formula is C18H27N3O4. The molecule has 0 saturated carbocycles. The summed E-state index contributed by atoms with van der Waals surface area (Å²) in [6.07, 6.45) is 1.56. The second kappa shape index (κ2) is 12.0. The summed E-state index contributed by atoms with van der Waals surface area (Å²) in [6.45, 7) is 3.24. The zero-order chi connectivity index (χ0) is 18.5. The third kappa shape index (κ3) is 9.46.